The summed E-state index contributed by atoms with van der Waals surface area (Å²) in [7, 11) is -0.503. The molecule has 1 saturated heterocycles. The number of hydrogen-bond acceptors (Lipinski definition) is 3. The first-order chi connectivity index (χ1) is 10.2. The van der Waals surface area contributed by atoms with Gasteiger partial charge in [-0.05, 0) is 44.8 Å². The van der Waals surface area contributed by atoms with Gasteiger partial charge in [-0.1, -0.05) is 12.1 Å². The van der Waals surface area contributed by atoms with Gasteiger partial charge in [0.15, 0.2) is 0 Å². The Morgan fingerprint density at radius 1 is 1.23 bits per heavy atom. The first kappa shape index (κ1) is 15.1. The molecule has 0 amide bonds. The Morgan fingerprint density at radius 2 is 1.86 bits per heavy atom. The normalized spacial score (nSPS) is 19.7. The highest BCUT2D eigenvalue weighted by Crippen LogP contribution is 2.37. The highest BCUT2D eigenvalue weighted by atomic mass is 16.7. The van der Waals surface area contributed by atoms with Crippen LogP contribution in [-0.2, 0) is 20.5 Å². The molecule has 6 heteroatoms. The molecule has 22 heavy (non-hydrogen) atoms. The van der Waals surface area contributed by atoms with Crippen molar-refractivity contribution in [1.82, 2.24) is 4.98 Å². The van der Waals surface area contributed by atoms with Crippen molar-refractivity contribution < 1.29 is 19.2 Å². The number of carbonyl (C=O) groups is 1. The fourth-order valence-electron chi connectivity index (χ4n) is 2.75. The van der Waals surface area contributed by atoms with E-state index in [-0.39, 0.29) is 6.42 Å². The van der Waals surface area contributed by atoms with Crippen LogP contribution in [0, 0.1) is 0 Å². The number of nitrogens with one attached hydrogen (secondary N) is 1. The van der Waals surface area contributed by atoms with Gasteiger partial charge >= 0.3 is 13.1 Å². The van der Waals surface area contributed by atoms with Crippen LogP contribution in [0.15, 0.2) is 24.4 Å². The Hall–Kier alpha value is -1.79. The summed E-state index contributed by atoms with van der Waals surface area (Å²) in [5, 5.41) is 9.97. The first-order valence-electron chi connectivity index (χ1n) is 7.37. The van der Waals surface area contributed by atoms with E-state index in [1.807, 2.05) is 45.9 Å². The topological polar surface area (TPSA) is 71.6 Å². The first-order valence-corrected chi connectivity index (χ1v) is 7.37. The molecule has 5 nitrogen and oxygen atoms in total. The number of carboxylic acids is 1. The van der Waals surface area contributed by atoms with Crippen LogP contribution in [0.5, 0.6) is 0 Å². The molecule has 0 saturated carbocycles. The minimum absolute atomic E-state index is 0.0312. The molecule has 1 aromatic heterocycles. The van der Waals surface area contributed by atoms with Crippen LogP contribution >= 0.6 is 0 Å². The van der Waals surface area contributed by atoms with Crippen LogP contribution in [-0.4, -0.2) is 34.4 Å². The quantitative estimate of drug-likeness (QED) is 0.852. The Bertz CT molecular complexity index is 719. The summed E-state index contributed by atoms with van der Waals surface area (Å²) in [5.74, 6) is -0.857. The molecule has 0 aliphatic carbocycles. The predicted molar refractivity (Wildman–Crippen MR) is 85.4 cm³/mol. The van der Waals surface area contributed by atoms with E-state index in [1.54, 1.807) is 6.20 Å². The highest BCUT2D eigenvalue weighted by Gasteiger charge is 2.52. The number of hydrogen-bond donors (Lipinski definition) is 2. The van der Waals surface area contributed by atoms with E-state index < -0.39 is 24.3 Å². The fraction of sp³-hybridized carbons (Fsp3) is 0.438. The fourth-order valence-corrected chi connectivity index (χ4v) is 2.75. The Morgan fingerprint density at radius 3 is 2.45 bits per heavy atom. The summed E-state index contributed by atoms with van der Waals surface area (Å²) in [6.07, 6.45) is 1.71. The maximum atomic E-state index is 11.1. The highest BCUT2D eigenvalue weighted by molar-refractivity contribution is 6.65. The summed E-state index contributed by atoms with van der Waals surface area (Å²) < 4.78 is 12.2. The summed E-state index contributed by atoms with van der Waals surface area (Å²) in [4.78, 5) is 14.2. The van der Waals surface area contributed by atoms with E-state index in [9.17, 15) is 4.79 Å². The molecular formula is C16H20BNO4. The van der Waals surface area contributed by atoms with Crippen LogP contribution < -0.4 is 5.46 Å². The smallest absolute Gasteiger partial charge is 0.481 e. The standard InChI is InChI=1S/C16H20BNO4/c1-15(2)16(3,4)22-17(21-15)11-6-5-7-12-14(11)10(9-18-12)8-13(19)20/h5-7,9,18H,8H2,1-4H3,(H,19,20). The zero-order valence-corrected chi connectivity index (χ0v) is 13.3. The monoisotopic (exact) mass is 301 g/mol. The number of aromatic nitrogens is 1. The zero-order chi connectivity index (χ0) is 16.1. The third kappa shape index (κ3) is 2.32. The van der Waals surface area contributed by atoms with Gasteiger partial charge in [-0.25, -0.2) is 0 Å². The summed E-state index contributed by atoms with van der Waals surface area (Å²) >= 11 is 0. The molecule has 2 aromatic rings. The molecule has 0 atom stereocenters. The van der Waals surface area contributed by atoms with E-state index in [0.717, 1.165) is 21.9 Å². The average Bonchev–Trinajstić information content (AvgIpc) is 2.88. The minimum atomic E-state index is -0.857. The Balaban J connectivity index is 2.08. The van der Waals surface area contributed by atoms with Crippen LogP contribution in [0.1, 0.15) is 33.3 Å². The van der Waals surface area contributed by atoms with Gasteiger partial charge < -0.3 is 19.4 Å². The van der Waals surface area contributed by atoms with E-state index in [4.69, 9.17) is 14.4 Å². The minimum Gasteiger partial charge on any atom is -0.481 e. The third-order valence-electron chi connectivity index (χ3n) is 4.67. The number of H-pyrrole nitrogens is 1. The van der Waals surface area contributed by atoms with E-state index in [0.29, 0.717) is 0 Å². The van der Waals surface area contributed by atoms with Gasteiger partial charge in [-0.15, -0.1) is 0 Å². The molecule has 2 heterocycles. The van der Waals surface area contributed by atoms with Crippen molar-refractivity contribution in [3.8, 4) is 0 Å². The molecular weight excluding hydrogens is 281 g/mol. The molecule has 1 aliphatic heterocycles. The van der Waals surface area contributed by atoms with Gasteiger partial charge in [0.1, 0.15) is 0 Å². The van der Waals surface area contributed by atoms with Gasteiger partial charge in [-0.2, -0.15) is 0 Å². The number of benzene rings is 1. The number of aliphatic carboxylic acids is 1. The SMILES string of the molecule is CC1(C)OB(c2cccc3[nH]cc(CC(=O)O)c23)OC1(C)C. The molecule has 3 rings (SSSR count). The Labute approximate surface area is 129 Å². The van der Waals surface area contributed by atoms with Crippen molar-refractivity contribution in [2.24, 2.45) is 0 Å². The largest absolute Gasteiger partial charge is 0.495 e. The lowest BCUT2D eigenvalue weighted by Gasteiger charge is -2.32. The molecule has 2 N–H and O–H groups in total. The zero-order valence-electron chi connectivity index (χ0n) is 13.3. The van der Waals surface area contributed by atoms with E-state index in [1.165, 1.54) is 0 Å². The second-order valence-electron chi connectivity index (χ2n) is 6.74. The summed E-state index contributed by atoms with van der Waals surface area (Å²) in [6.45, 7) is 8.01. The lowest BCUT2D eigenvalue weighted by atomic mass is 9.76. The molecule has 0 spiro atoms. The third-order valence-corrected chi connectivity index (χ3v) is 4.67. The lowest BCUT2D eigenvalue weighted by molar-refractivity contribution is -0.136. The molecule has 1 aliphatic rings. The molecule has 1 fully saturated rings. The average molecular weight is 301 g/mol. The van der Waals surface area contributed by atoms with Crippen LogP contribution in [0.25, 0.3) is 10.9 Å². The van der Waals surface area contributed by atoms with Gasteiger partial charge in [0.05, 0.1) is 17.6 Å². The summed E-state index contributed by atoms with van der Waals surface area (Å²) in [5.41, 5.74) is 1.65. The van der Waals surface area contributed by atoms with Crippen LogP contribution in [0.4, 0.5) is 0 Å². The van der Waals surface area contributed by atoms with Gasteiger partial charge in [0.25, 0.3) is 0 Å². The van der Waals surface area contributed by atoms with Gasteiger partial charge in [0, 0.05) is 17.1 Å². The van der Waals surface area contributed by atoms with Crippen LogP contribution in [0.3, 0.4) is 0 Å². The summed E-state index contributed by atoms with van der Waals surface area (Å²) in [6, 6.07) is 5.78. The van der Waals surface area contributed by atoms with Crippen molar-refractivity contribution in [2.45, 2.75) is 45.3 Å². The van der Waals surface area contributed by atoms with Crippen molar-refractivity contribution in [2.75, 3.05) is 0 Å². The second kappa shape index (κ2) is 4.86. The van der Waals surface area contributed by atoms with E-state index in [2.05, 4.69) is 4.98 Å². The lowest BCUT2D eigenvalue weighted by Crippen LogP contribution is -2.41. The maximum absolute atomic E-state index is 11.1. The molecule has 0 radical (unpaired) electrons. The molecule has 116 valence electrons. The van der Waals surface area contributed by atoms with Gasteiger partial charge in [-0.3, -0.25) is 4.79 Å². The van der Waals surface area contributed by atoms with Crippen molar-refractivity contribution in [3.63, 3.8) is 0 Å². The van der Waals surface area contributed by atoms with E-state index >= 15 is 0 Å². The number of carboxylic acid groups (broad SMARTS) is 1. The van der Waals surface area contributed by atoms with Crippen LogP contribution in [0.2, 0.25) is 0 Å². The van der Waals surface area contributed by atoms with Gasteiger partial charge in [0.2, 0.25) is 0 Å². The predicted octanol–water partition coefficient (Wildman–Crippen LogP) is 2.09. The van der Waals surface area contributed by atoms with Crippen molar-refractivity contribution in [1.29, 1.82) is 0 Å². The molecule has 0 unspecified atom stereocenters. The van der Waals surface area contributed by atoms with Crippen molar-refractivity contribution in [3.05, 3.63) is 30.0 Å². The van der Waals surface area contributed by atoms with Crippen molar-refractivity contribution >= 4 is 29.5 Å². The number of aromatic amines is 1. The Kier molecular flexibility index (Phi) is 3.34. The number of rotatable bonds is 3. The molecule has 1 aromatic carbocycles. The maximum Gasteiger partial charge on any atom is 0.495 e. The number of fused-ring (bicyclic) bond motifs is 1. The molecule has 0 bridgehead atoms. The second-order valence-corrected chi connectivity index (χ2v) is 6.74.